The molecule has 4 aromatic carbocycles. The molecule has 1 amide bonds. The molecule has 1 heterocycles. The molecule has 1 atom stereocenters. The third kappa shape index (κ3) is 6.52. The highest BCUT2D eigenvalue weighted by atomic mass is 35.5. The number of carbonyl (C=O) groups is 2. The van der Waals surface area contributed by atoms with E-state index >= 15 is 0 Å². The summed E-state index contributed by atoms with van der Waals surface area (Å²) in [5.41, 5.74) is 5.08. The number of carboxylic acids is 1. The second kappa shape index (κ2) is 12.4. The number of rotatable bonds is 10. The van der Waals surface area contributed by atoms with Gasteiger partial charge in [-0.3, -0.25) is 4.79 Å². The Morgan fingerprint density at radius 1 is 0.884 bits per heavy atom. The number of hydrogen-bond donors (Lipinski definition) is 2. The predicted molar refractivity (Wildman–Crippen MR) is 159 cm³/mol. The van der Waals surface area contributed by atoms with Crippen molar-refractivity contribution in [2.75, 3.05) is 6.61 Å². The van der Waals surface area contributed by atoms with Gasteiger partial charge in [0.05, 0.1) is 12.5 Å². The zero-order valence-electron chi connectivity index (χ0n) is 22.8. The van der Waals surface area contributed by atoms with Gasteiger partial charge in [-0.05, 0) is 70.8 Å². The summed E-state index contributed by atoms with van der Waals surface area (Å²) in [4.78, 5) is 28.8. The largest absolute Gasteiger partial charge is 0.481 e. The van der Waals surface area contributed by atoms with Gasteiger partial charge in [-0.25, -0.2) is 4.79 Å². The summed E-state index contributed by atoms with van der Waals surface area (Å²) in [6, 6.07) is 29.4. The van der Waals surface area contributed by atoms with E-state index in [2.05, 4.69) is 27.6 Å². The van der Waals surface area contributed by atoms with Gasteiger partial charge in [-0.15, -0.1) is 0 Å². The molecule has 43 heavy (non-hydrogen) atoms. The number of alkyl carbamates (subject to hydrolysis) is 1. The molecule has 9 nitrogen and oxygen atoms in total. The summed E-state index contributed by atoms with van der Waals surface area (Å²) in [5, 5.41) is 16.7. The van der Waals surface area contributed by atoms with Crippen molar-refractivity contribution in [2.24, 2.45) is 0 Å². The molecule has 0 spiro atoms. The first-order valence-electron chi connectivity index (χ1n) is 13.6. The first-order valence-corrected chi connectivity index (χ1v) is 14.0. The van der Waals surface area contributed by atoms with Gasteiger partial charge in [0.25, 0.3) is 0 Å². The molecule has 0 saturated heterocycles. The van der Waals surface area contributed by atoms with Crippen molar-refractivity contribution >= 4 is 23.7 Å². The Hall–Kier alpha value is -5.15. The van der Waals surface area contributed by atoms with Crippen molar-refractivity contribution in [3.8, 4) is 34.0 Å². The summed E-state index contributed by atoms with van der Waals surface area (Å²) in [6.45, 7) is 0.113. The molecule has 0 radical (unpaired) electrons. The second-order valence-corrected chi connectivity index (χ2v) is 10.5. The molecule has 1 aliphatic carbocycles. The van der Waals surface area contributed by atoms with E-state index in [0.29, 0.717) is 27.9 Å². The zero-order chi connectivity index (χ0) is 29.8. The number of aliphatic carboxylic acids is 1. The molecule has 1 aromatic heterocycles. The van der Waals surface area contributed by atoms with E-state index in [1.165, 1.54) is 0 Å². The first kappa shape index (κ1) is 28.0. The number of carbonyl (C=O) groups excluding carboxylic acids is 1. The first-order chi connectivity index (χ1) is 20.9. The van der Waals surface area contributed by atoms with Gasteiger partial charge < -0.3 is 24.4 Å². The lowest BCUT2D eigenvalue weighted by Crippen LogP contribution is -2.39. The Labute approximate surface area is 252 Å². The average molecular weight is 596 g/mol. The predicted octanol–water partition coefficient (Wildman–Crippen LogP) is 7.11. The van der Waals surface area contributed by atoms with E-state index in [-0.39, 0.29) is 31.3 Å². The van der Waals surface area contributed by atoms with Crippen LogP contribution in [0.5, 0.6) is 11.5 Å². The standard InChI is InChI=1S/C33H26ClN3O6/c34-21-11-15-24(16-12-21)42-23-13-9-20(10-14-23)32-36-30(43-37-32)17-22(18-31(38)39)35-33(40)41-19-29-27-7-3-1-5-25(27)26-6-2-4-8-28(26)29/h1-16,22,29H,17-19H2,(H,35,40)(H,38,39)/t22-/m1/s1. The van der Waals surface area contributed by atoms with Crippen molar-refractivity contribution in [3.63, 3.8) is 0 Å². The van der Waals surface area contributed by atoms with Gasteiger partial charge in [0.15, 0.2) is 0 Å². The van der Waals surface area contributed by atoms with Crippen LogP contribution in [-0.4, -0.2) is 40.0 Å². The van der Waals surface area contributed by atoms with Crippen LogP contribution >= 0.6 is 11.6 Å². The Morgan fingerprint density at radius 2 is 1.49 bits per heavy atom. The lowest BCUT2D eigenvalue weighted by Gasteiger charge is -2.18. The molecule has 0 aliphatic heterocycles. The van der Waals surface area contributed by atoms with E-state index in [4.69, 9.17) is 25.6 Å². The average Bonchev–Trinajstić information content (AvgIpc) is 3.60. The number of benzene rings is 4. The van der Waals surface area contributed by atoms with Crippen LogP contribution in [0.2, 0.25) is 5.02 Å². The smallest absolute Gasteiger partial charge is 0.407 e. The van der Waals surface area contributed by atoms with Gasteiger partial charge in [-0.1, -0.05) is 65.3 Å². The van der Waals surface area contributed by atoms with Crippen molar-refractivity contribution in [1.82, 2.24) is 15.5 Å². The maximum absolute atomic E-state index is 12.8. The summed E-state index contributed by atoms with van der Waals surface area (Å²) in [7, 11) is 0. The minimum absolute atomic E-state index is 0.0151. The van der Waals surface area contributed by atoms with E-state index in [1.807, 2.05) is 36.4 Å². The number of amides is 1. The molecule has 1 aliphatic rings. The summed E-state index contributed by atoms with van der Waals surface area (Å²) in [6.07, 6.45) is -1.05. The quantitative estimate of drug-likeness (QED) is 0.175. The molecule has 6 rings (SSSR count). The number of nitrogens with one attached hydrogen (secondary N) is 1. The summed E-state index contributed by atoms with van der Waals surface area (Å²) < 4.78 is 16.8. The van der Waals surface area contributed by atoms with Crippen molar-refractivity contribution in [2.45, 2.75) is 24.8 Å². The molecule has 0 bridgehead atoms. The molecular formula is C33H26ClN3O6. The van der Waals surface area contributed by atoms with Crippen molar-refractivity contribution in [3.05, 3.63) is 119 Å². The Balaban J connectivity index is 1.08. The summed E-state index contributed by atoms with van der Waals surface area (Å²) in [5.74, 6) is 0.568. The van der Waals surface area contributed by atoms with Gasteiger partial charge >= 0.3 is 12.1 Å². The van der Waals surface area contributed by atoms with E-state index in [0.717, 1.165) is 22.3 Å². The maximum atomic E-state index is 12.8. The van der Waals surface area contributed by atoms with Gasteiger partial charge in [-0.2, -0.15) is 4.98 Å². The normalized spacial score (nSPS) is 12.7. The highest BCUT2D eigenvalue weighted by Gasteiger charge is 2.29. The van der Waals surface area contributed by atoms with Crippen LogP contribution < -0.4 is 10.1 Å². The van der Waals surface area contributed by atoms with E-state index < -0.39 is 18.1 Å². The molecular weight excluding hydrogens is 570 g/mol. The van der Waals surface area contributed by atoms with Crippen LogP contribution in [0.4, 0.5) is 4.79 Å². The molecule has 0 unspecified atom stereocenters. The number of fused-ring (bicyclic) bond motifs is 3. The fourth-order valence-corrected chi connectivity index (χ4v) is 5.29. The second-order valence-electron chi connectivity index (χ2n) is 10.1. The molecule has 0 fully saturated rings. The molecule has 10 heteroatoms. The lowest BCUT2D eigenvalue weighted by molar-refractivity contribution is -0.137. The Morgan fingerprint density at radius 3 is 2.12 bits per heavy atom. The van der Waals surface area contributed by atoms with Crippen LogP contribution in [0.25, 0.3) is 22.5 Å². The van der Waals surface area contributed by atoms with Crippen LogP contribution in [0.15, 0.2) is 102 Å². The number of carboxylic acid groups (broad SMARTS) is 1. The molecule has 216 valence electrons. The number of ether oxygens (including phenoxy) is 2. The van der Waals surface area contributed by atoms with Crippen LogP contribution in [0, 0.1) is 0 Å². The minimum atomic E-state index is -1.08. The highest BCUT2D eigenvalue weighted by Crippen LogP contribution is 2.44. The third-order valence-electron chi connectivity index (χ3n) is 7.14. The van der Waals surface area contributed by atoms with Crippen molar-refractivity contribution in [1.29, 1.82) is 0 Å². The van der Waals surface area contributed by atoms with Crippen LogP contribution in [-0.2, 0) is 16.0 Å². The topological polar surface area (TPSA) is 124 Å². The number of halogens is 1. The van der Waals surface area contributed by atoms with Gasteiger partial charge in [0.2, 0.25) is 11.7 Å². The van der Waals surface area contributed by atoms with Gasteiger partial charge in [0.1, 0.15) is 18.1 Å². The fourth-order valence-electron chi connectivity index (χ4n) is 5.17. The molecule has 5 aromatic rings. The van der Waals surface area contributed by atoms with E-state index in [9.17, 15) is 14.7 Å². The Kier molecular flexibility index (Phi) is 8.06. The zero-order valence-corrected chi connectivity index (χ0v) is 23.5. The number of hydrogen-bond acceptors (Lipinski definition) is 7. The fraction of sp³-hybridized carbons (Fsp3) is 0.152. The van der Waals surface area contributed by atoms with Crippen LogP contribution in [0.1, 0.15) is 29.4 Å². The highest BCUT2D eigenvalue weighted by molar-refractivity contribution is 6.30. The van der Waals surface area contributed by atoms with Gasteiger partial charge in [0, 0.05) is 22.9 Å². The monoisotopic (exact) mass is 595 g/mol. The van der Waals surface area contributed by atoms with Crippen molar-refractivity contribution < 1.29 is 28.7 Å². The SMILES string of the molecule is O=C(O)C[C@@H](Cc1nc(-c2ccc(Oc3ccc(Cl)cc3)cc2)no1)NC(=O)OCC1c2ccccc2-c2ccccc21. The molecule has 0 saturated carbocycles. The number of aromatic nitrogens is 2. The lowest BCUT2D eigenvalue weighted by atomic mass is 9.98. The summed E-state index contributed by atoms with van der Waals surface area (Å²) >= 11 is 5.92. The van der Waals surface area contributed by atoms with Crippen LogP contribution in [0.3, 0.4) is 0 Å². The Bertz CT molecular complexity index is 1710. The number of nitrogens with zero attached hydrogens (tertiary/aromatic N) is 2. The third-order valence-corrected chi connectivity index (χ3v) is 7.39. The van der Waals surface area contributed by atoms with E-state index in [1.54, 1.807) is 48.5 Å². The molecule has 2 N–H and O–H groups in total. The maximum Gasteiger partial charge on any atom is 0.407 e. The minimum Gasteiger partial charge on any atom is -0.481 e.